The fourth-order valence-corrected chi connectivity index (χ4v) is 7.70. The molecule has 3 atom stereocenters. The molecular weight excluding hydrogens is 445 g/mol. The Morgan fingerprint density at radius 2 is 1.15 bits per heavy atom. The van der Waals surface area contributed by atoms with E-state index >= 15 is 0 Å². The van der Waals surface area contributed by atoms with E-state index in [1.54, 1.807) is 0 Å². The zero-order valence-corrected chi connectivity index (χ0v) is 20.1. The molecule has 1 unspecified atom stereocenters. The van der Waals surface area contributed by atoms with E-state index in [4.69, 9.17) is 0 Å². The van der Waals surface area contributed by atoms with Gasteiger partial charge in [-0.05, 0) is 69.1 Å². The number of rotatable bonds is 4. The third kappa shape index (κ3) is 4.55. The minimum absolute atomic E-state index is 0. The summed E-state index contributed by atoms with van der Waals surface area (Å²) in [6.07, 6.45) is 21.6. The van der Waals surface area contributed by atoms with Crippen LogP contribution in [0.3, 0.4) is 0 Å². The fourth-order valence-electron chi connectivity index (χ4n) is 7.70. The zero-order valence-electron chi connectivity index (χ0n) is 18.0. The predicted octanol–water partition coefficient (Wildman–Crippen LogP) is 2.68. The maximum Gasteiger partial charge on any atom is 0.0891 e. The number of aliphatic hydroxyl groups is 1. The van der Waals surface area contributed by atoms with Gasteiger partial charge < -0.3 is 33.6 Å². The molecule has 0 aromatic carbocycles. The van der Waals surface area contributed by atoms with Crippen LogP contribution in [0.4, 0.5) is 0 Å². The highest BCUT2D eigenvalue weighted by molar-refractivity contribution is 4.98. The van der Waals surface area contributed by atoms with Gasteiger partial charge in [0.1, 0.15) is 0 Å². The van der Waals surface area contributed by atoms with Crippen LogP contribution in [-0.4, -0.2) is 41.4 Å². The van der Waals surface area contributed by atoms with Crippen LogP contribution in [0.25, 0.3) is 0 Å². The van der Waals surface area contributed by atoms with Gasteiger partial charge in [-0.3, -0.25) is 0 Å². The monoisotopic (exact) mass is 489 g/mol. The average molecular weight is 490 g/mol. The van der Waals surface area contributed by atoms with Gasteiger partial charge in [-0.15, -0.1) is 0 Å². The van der Waals surface area contributed by atoms with Gasteiger partial charge in [0.2, 0.25) is 0 Å². The van der Waals surface area contributed by atoms with Crippen molar-refractivity contribution in [2.45, 2.75) is 120 Å². The highest BCUT2D eigenvalue weighted by Gasteiger charge is 2.50. The molecule has 4 rings (SSSR count). The number of halogens is 1. The van der Waals surface area contributed by atoms with Crippen molar-refractivity contribution in [1.29, 1.82) is 0 Å². The largest absolute Gasteiger partial charge is 1.00 e. The van der Waals surface area contributed by atoms with Crippen molar-refractivity contribution in [2.24, 2.45) is 17.8 Å². The maximum absolute atomic E-state index is 12.2. The minimum Gasteiger partial charge on any atom is -1.00 e. The predicted molar refractivity (Wildman–Crippen MR) is 109 cm³/mol. The summed E-state index contributed by atoms with van der Waals surface area (Å²) in [6.45, 7) is 0. The summed E-state index contributed by atoms with van der Waals surface area (Å²) in [5.41, 5.74) is -0.339. The standard InChI is InChI=1S/C24H44NO.HI/c1-25(2)22-14-9-15-23(25)17-19(16-22)18-24(26,20-10-5-3-6-11-20)21-12-7-4-8-13-21;/h19-23,26H,3-18H2,1-2H3;1H/q+1;/p-1/t19?,22-,23+;. The number of hydrogen-bond donors (Lipinski definition) is 1. The van der Waals surface area contributed by atoms with Crippen molar-refractivity contribution in [3.05, 3.63) is 0 Å². The lowest BCUT2D eigenvalue weighted by molar-refractivity contribution is -0.950. The van der Waals surface area contributed by atoms with Gasteiger partial charge in [0, 0.05) is 12.8 Å². The van der Waals surface area contributed by atoms with Gasteiger partial charge >= 0.3 is 0 Å². The minimum atomic E-state index is -0.339. The molecular formula is C24H44INO. The Labute approximate surface area is 185 Å². The van der Waals surface area contributed by atoms with Crippen molar-refractivity contribution >= 4 is 0 Å². The quantitative estimate of drug-likeness (QED) is 0.476. The number of quaternary nitrogens is 1. The summed E-state index contributed by atoms with van der Waals surface area (Å²) >= 11 is 0. The maximum atomic E-state index is 12.2. The molecule has 1 N–H and O–H groups in total. The first kappa shape index (κ1) is 22.3. The summed E-state index contributed by atoms with van der Waals surface area (Å²) < 4.78 is 1.27. The van der Waals surface area contributed by atoms with Crippen LogP contribution < -0.4 is 24.0 Å². The van der Waals surface area contributed by atoms with Gasteiger partial charge in [-0.1, -0.05) is 38.5 Å². The lowest BCUT2D eigenvalue weighted by Crippen LogP contribution is -3.00. The topological polar surface area (TPSA) is 20.2 Å². The molecule has 0 aromatic heterocycles. The third-order valence-corrected chi connectivity index (χ3v) is 9.41. The molecule has 2 saturated carbocycles. The van der Waals surface area contributed by atoms with Crippen LogP contribution in [-0.2, 0) is 0 Å². The van der Waals surface area contributed by atoms with E-state index < -0.39 is 0 Å². The second kappa shape index (κ2) is 9.20. The molecule has 4 fully saturated rings. The Kier molecular flexibility index (Phi) is 7.61. The molecule has 0 radical (unpaired) electrons. The van der Waals surface area contributed by atoms with Gasteiger partial charge in [-0.2, -0.15) is 0 Å². The summed E-state index contributed by atoms with van der Waals surface area (Å²) in [5, 5.41) is 12.2. The Bertz CT molecular complexity index is 433. The molecule has 2 nitrogen and oxygen atoms in total. The first-order valence-corrected chi connectivity index (χ1v) is 12.1. The fraction of sp³-hybridized carbons (Fsp3) is 1.00. The van der Waals surface area contributed by atoms with Gasteiger partial charge in [0.15, 0.2) is 0 Å². The van der Waals surface area contributed by atoms with Crippen LogP contribution in [0.5, 0.6) is 0 Å². The number of piperidine rings is 2. The Morgan fingerprint density at radius 3 is 1.59 bits per heavy atom. The zero-order chi connectivity index (χ0) is 18.2. The van der Waals surface area contributed by atoms with Crippen LogP contribution in [0.1, 0.15) is 103 Å². The first-order chi connectivity index (χ1) is 12.5. The van der Waals surface area contributed by atoms with E-state index in [1.807, 2.05) is 0 Å². The molecule has 0 aromatic rings. The molecule has 0 amide bonds. The van der Waals surface area contributed by atoms with Gasteiger partial charge in [0.25, 0.3) is 0 Å². The molecule has 2 aliphatic heterocycles. The van der Waals surface area contributed by atoms with Crippen molar-refractivity contribution in [1.82, 2.24) is 0 Å². The molecule has 2 saturated heterocycles. The number of nitrogens with zero attached hydrogens (tertiary/aromatic N) is 1. The van der Waals surface area contributed by atoms with Crippen LogP contribution in [0, 0.1) is 17.8 Å². The molecule has 3 heteroatoms. The third-order valence-electron chi connectivity index (χ3n) is 9.41. The van der Waals surface area contributed by atoms with Crippen LogP contribution >= 0.6 is 0 Å². The number of fused-ring (bicyclic) bond motifs is 2. The second-order valence-electron chi connectivity index (χ2n) is 11.1. The SMILES string of the molecule is C[N+]1(C)[C@@H]2CCC[C@H]1CC(CC(O)(C1CCCCC1)C1CCCCC1)C2.[I-]. The van der Waals surface area contributed by atoms with Crippen molar-refractivity contribution in [3.8, 4) is 0 Å². The highest BCUT2D eigenvalue weighted by atomic mass is 127. The smallest absolute Gasteiger partial charge is 0.0891 e. The molecule has 27 heavy (non-hydrogen) atoms. The molecule has 0 spiro atoms. The molecule has 2 aliphatic carbocycles. The molecule has 2 bridgehead atoms. The van der Waals surface area contributed by atoms with E-state index in [0.29, 0.717) is 11.8 Å². The van der Waals surface area contributed by atoms with Gasteiger partial charge in [0.05, 0.1) is 31.8 Å². The summed E-state index contributed by atoms with van der Waals surface area (Å²) in [5.74, 6) is 1.98. The van der Waals surface area contributed by atoms with E-state index in [1.165, 1.54) is 101 Å². The van der Waals surface area contributed by atoms with E-state index in [0.717, 1.165) is 24.4 Å². The summed E-state index contributed by atoms with van der Waals surface area (Å²) in [4.78, 5) is 0. The first-order valence-electron chi connectivity index (χ1n) is 12.1. The lowest BCUT2D eigenvalue weighted by atomic mass is 9.61. The Balaban J connectivity index is 0.00000210. The number of hydrogen-bond acceptors (Lipinski definition) is 1. The van der Waals surface area contributed by atoms with Crippen molar-refractivity contribution in [3.63, 3.8) is 0 Å². The highest BCUT2D eigenvalue weighted by Crippen LogP contribution is 2.50. The van der Waals surface area contributed by atoms with Crippen LogP contribution in [0.15, 0.2) is 0 Å². The molecule has 2 heterocycles. The summed E-state index contributed by atoms with van der Waals surface area (Å²) in [7, 11) is 4.97. The van der Waals surface area contributed by atoms with E-state index in [9.17, 15) is 5.11 Å². The van der Waals surface area contributed by atoms with Crippen molar-refractivity contribution < 1.29 is 33.6 Å². The normalized spacial score (nSPS) is 35.4. The molecule has 158 valence electrons. The lowest BCUT2D eigenvalue weighted by Gasteiger charge is -2.55. The Morgan fingerprint density at radius 1 is 0.704 bits per heavy atom. The average Bonchev–Trinajstić information content (AvgIpc) is 2.64. The Hall–Kier alpha value is 0.650. The van der Waals surface area contributed by atoms with E-state index in [2.05, 4.69) is 14.1 Å². The second-order valence-corrected chi connectivity index (χ2v) is 11.1. The van der Waals surface area contributed by atoms with E-state index in [-0.39, 0.29) is 29.6 Å². The molecule has 4 aliphatic rings. The summed E-state index contributed by atoms with van der Waals surface area (Å²) in [6, 6.07) is 1.71. The van der Waals surface area contributed by atoms with Gasteiger partial charge in [-0.25, -0.2) is 0 Å². The van der Waals surface area contributed by atoms with Crippen LogP contribution in [0.2, 0.25) is 0 Å². The van der Waals surface area contributed by atoms with Crippen molar-refractivity contribution in [2.75, 3.05) is 14.1 Å².